The lowest BCUT2D eigenvalue weighted by atomic mass is 10.1. The van der Waals surface area contributed by atoms with Crippen molar-refractivity contribution in [3.8, 4) is 0 Å². The number of nitrogens with zero attached hydrogens (tertiary/aromatic N) is 4. The summed E-state index contributed by atoms with van der Waals surface area (Å²) in [5.74, 6) is 0.588. The summed E-state index contributed by atoms with van der Waals surface area (Å²) in [6, 6.07) is 6.22. The van der Waals surface area contributed by atoms with Crippen LogP contribution in [0.25, 0.3) is 0 Å². The first-order valence-corrected chi connectivity index (χ1v) is 7.72. The maximum absolute atomic E-state index is 12.9. The lowest BCUT2D eigenvalue weighted by molar-refractivity contribution is 0.565. The Morgan fingerprint density at radius 1 is 1.00 bits per heavy atom. The molecule has 0 saturated carbocycles. The molecule has 5 nitrogen and oxygen atoms in total. The minimum absolute atomic E-state index is 0.218. The maximum Gasteiger partial charge on any atom is 0.231 e. The van der Waals surface area contributed by atoms with Crippen LogP contribution in [0.4, 0.5) is 16.3 Å². The van der Waals surface area contributed by atoms with Gasteiger partial charge in [-0.25, -0.2) is 4.39 Å². The highest BCUT2D eigenvalue weighted by molar-refractivity contribution is 7.99. The van der Waals surface area contributed by atoms with Gasteiger partial charge in [-0.15, -0.1) is 0 Å². The van der Waals surface area contributed by atoms with E-state index in [0.717, 1.165) is 30.8 Å². The molecule has 0 aliphatic carbocycles. The van der Waals surface area contributed by atoms with Crippen molar-refractivity contribution >= 4 is 23.7 Å². The van der Waals surface area contributed by atoms with Crippen molar-refractivity contribution in [1.29, 1.82) is 0 Å². The topological polar surface area (TPSA) is 67.9 Å². The average Bonchev–Trinajstić information content (AvgIpc) is 2.50. The molecule has 2 heterocycles. The van der Waals surface area contributed by atoms with Crippen molar-refractivity contribution in [3.05, 3.63) is 30.1 Å². The Morgan fingerprint density at radius 2 is 1.71 bits per heavy atom. The molecular weight excluding hydrogens is 289 g/mol. The van der Waals surface area contributed by atoms with Gasteiger partial charge in [0.05, 0.1) is 0 Å². The lowest BCUT2D eigenvalue weighted by Crippen LogP contribution is -2.31. The van der Waals surface area contributed by atoms with E-state index < -0.39 is 0 Å². The number of benzene rings is 1. The normalized spacial score (nSPS) is 15.2. The molecule has 0 radical (unpaired) electrons. The van der Waals surface area contributed by atoms with Crippen molar-refractivity contribution in [2.75, 3.05) is 23.7 Å². The van der Waals surface area contributed by atoms with E-state index in [9.17, 15) is 4.39 Å². The number of anilines is 2. The molecule has 1 aliphatic rings. The van der Waals surface area contributed by atoms with E-state index in [1.54, 1.807) is 12.1 Å². The minimum atomic E-state index is -0.261. The summed E-state index contributed by atoms with van der Waals surface area (Å²) < 4.78 is 12.9. The summed E-state index contributed by atoms with van der Waals surface area (Å²) in [5, 5.41) is 0.537. The molecule has 1 fully saturated rings. The fourth-order valence-corrected chi connectivity index (χ4v) is 3.00. The second-order valence-corrected chi connectivity index (χ2v) is 5.92. The van der Waals surface area contributed by atoms with Gasteiger partial charge < -0.3 is 10.6 Å². The molecular formula is C14H16FN5S. The number of aromatic nitrogens is 3. The molecule has 0 spiro atoms. The third kappa shape index (κ3) is 3.60. The smallest absolute Gasteiger partial charge is 0.231 e. The van der Waals surface area contributed by atoms with Gasteiger partial charge in [-0.1, -0.05) is 0 Å². The lowest BCUT2D eigenvalue weighted by Gasteiger charge is -2.26. The van der Waals surface area contributed by atoms with E-state index >= 15 is 0 Å². The minimum Gasteiger partial charge on any atom is -0.368 e. The molecule has 0 amide bonds. The Balaban J connectivity index is 1.81. The van der Waals surface area contributed by atoms with Gasteiger partial charge in [-0.3, -0.25) is 0 Å². The first-order valence-electron chi connectivity index (χ1n) is 6.90. The highest BCUT2D eigenvalue weighted by Crippen LogP contribution is 2.27. The third-order valence-corrected chi connectivity index (χ3v) is 4.16. The van der Waals surface area contributed by atoms with Crippen LogP contribution in [0.3, 0.4) is 0 Å². The van der Waals surface area contributed by atoms with Crippen LogP contribution in [-0.2, 0) is 0 Å². The highest BCUT2D eigenvalue weighted by atomic mass is 32.2. The molecule has 3 rings (SSSR count). The number of hydrogen-bond donors (Lipinski definition) is 1. The Kier molecular flexibility index (Phi) is 4.19. The highest BCUT2D eigenvalue weighted by Gasteiger charge is 2.16. The van der Waals surface area contributed by atoms with Gasteiger partial charge in [0.15, 0.2) is 5.16 Å². The predicted molar refractivity (Wildman–Crippen MR) is 80.8 cm³/mol. The molecule has 2 N–H and O–H groups in total. The second-order valence-electron chi connectivity index (χ2n) is 4.88. The molecule has 0 unspecified atom stereocenters. The monoisotopic (exact) mass is 305 g/mol. The molecule has 0 bridgehead atoms. The predicted octanol–water partition coefficient (Wildman–Crippen LogP) is 2.73. The zero-order valence-electron chi connectivity index (χ0n) is 11.5. The zero-order chi connectivity index (χ0) is 14.7. The summed E-state index contributed by atoms with van der Waals surface area (Å²) in [4.78, 5) is 15.8. The van der Waals surface area contributed by atoms with Gasteiger partial charge in [-0.2, -0.15) is 15.0 Å². The van der Waals surface area contributed by atoms with Crippen LogP contribution in [0.5, 0.6) is 0 Å². The summed E-state index contributed by atoms with van der Waals surface area (Å²) >= 11 is 1.35. The van der Waals surface area contributed by atoms with Crippen molar-refractivity contribution in [2.24, 2.45) is 0 Å². The summed E-state index contributed by atoms with van der Waals surface area (Å²) in [7, 11) is 0. The fourth-order valence-electron chi connectivity index (χ4n) is 2.25. The number of halogens is 1. The van der Waals surface area contributed by atoms with E-state index in [4.69, 9.17) is 5.73 Å². The van der Waals surface area contributed by atoms with Crippen LogP contribution in [0, 0.1) is 5.82 Å². The van der Waals surface area contributed by atoms with Crippen molar-refractivity contribution in [1.82, 2.24) is 15.0 Å². The Bertz CT molecular complexity index is 613. The van der Waals surface area contributed by atoms with Crippen LogP contribution in [0.2, 0.25) is 0 Å². The molecule has 7 heteroatoms. The van der Waals surface area contributed by atoms with Crippen LogP contribution < -0.4 is 10.6 Å². The number of piperidine rings is 1. The van der Waals surface area contributed by atoms with Crippen LogP contribution >= 0.6 is 11.8 Å². The summed E-state index contributed by atoms with van der Waals surface area (Å²) in [6.45, 7) is 1.90. The number of hydrogen-bond acceptors (Lipinski definition) is 6. The Labute approximate surface area is 126 Å². The molecule has 21 heavy (non-hydrogen) atoms. The van der Waals surface area contributed by atoms with E-state index in [1.807, 2.05) is 0 Å². The van der Waals surface area contributed by atoms with E-state index in [1.165, 1.54) is 30.3 Å². The quantitative estimate of drug-likeness (QED) is 0.940. The Hall–Kier alpha value is -1.89. The van der Waals surface area contributed by atoms with Gasteiger partial charge in [0.2, 0.25) is 11.9 Å². The largest absolute Gasteiger partial charge is 0.368 e. The van der Waals surface area contributed by atoms with Gasteiger partial charge in [0.1, 0.15) is 5.82 Å². The number of nitrogen functional groups attached to an aromatic ring is 1. The number of rotatable bonds is 3. The molecule has 1 saturated heterocycles. The van der Waals surface area contributed by atoms with E-state index in [2.05, 4.69) is 19.9 Å². The zero-order valence-corrected chi connectivity index (χ0v) is 12.3. The number of nitrogens with two attached hydrogens (primary N) is 1. The molecule has 1 aromatic heterocycles. The van der Waals surface area contributed by atoms with E-state index in [0.29, 0.717) is 11.1 Å². The van der Waals surface area contributed by atoms with Crippen LogP contribution in [0.1, 0.15) is 19.3 Å². The first-order chi connectivity index (χ1) is 10.2. The van der Waals surface area contributed by atoms with Crippen LogP contribution in [0.15, 0.2) is 34.3 Å². The molecule has 1 aliphatic heterocycles. The average molecular weight is 305 g/mol. The van der Waals surface area contributed by atoms with Gasteiger partial charge in [0.25, 0.3) is 0 Å². The molecule has 0 atom stereocenters. The molecule has 110 valence electrons. The van der Waals surface area contributed by atoms with Crippen molar-refractivity contribution < 1.29 is 4.39 Å². The third-order valence-electron chi connectivity index (χ3n) is 3.28. The second kappa shape index (κ2) is 6.26. The maximum atomic E-state index is 12.9. The Morgan fingerprint density at radius 3 is 2.43 bits per heavy atom. The van der Waals surface area contributed by atoms with Gasteiger partial charge in [-0.05, 0) is 55.3 Å². The van der Waals surface area contributed by atoms with Crippen LogP contribution in [-0.4, -0.2) is 28.0 Å². The molecule has 1 aromatic carbocycles. The molecule has 2 aromatic rings. The van der Waals surface area contributed by atoms with Gasteiger partial charge in [0, 0.05) is 18.0 Å². The standard InChI is InChI=1S/C14H16FN5S/c15-10-4-6-11(7-5-10)21-14-18-12(16)17-13(19-14)20-8-2-1-3-9-20/h4-7H,1-3,8-9H2,(H2,16,17,18,19). The summed E-state index contributed by atoms with van der Waals surface area (Å²) in [6.07, 6.45) is 3.53. The van der Waals surface area contributed by atoms with Gasteiger partial charge >= 0.3 is 0 Å². The van der Waals surface area contributed by atoms with E-state index in [-0.39, 0.29) is 11.8 Å². The summed E-state index contributed by atoms with van der Waals surface area (Å²) in [5.41, 5.74) is 5.78. The van der Waals surface area contributed by atoms with Crippen molar-refractivity contribution in [3.63, 3.8) is 0 Å². The van der Waals surface area contributed by atoms with Crippen molar-refractivity contribution in [2.45, 2.75) is 29.3 Å². The fraction of sp³-hybridized carbons (Fsp3) is 0.357. The first kappa shape index (κ1) is 14.1. The SMILES string of the molecule is Nc1nc(Sc2ccc(F)cc2)nc(N2CCCCC2)n1.